The van der Waals surface area contributed by atoms with Gasteiger partial charge in [0.05, 0.1) is 11.9 Å². The lowest BCUT2D eigenvalue weighted by Gasteiger charge is -2.57. The van der Waals surface area contributed by atoms with E-state index in [4.69, 9.17) is 4.74 Å². The summed E-state index contributed by atoms with van der Waals surface area (Å²) >= 11 is 0. The zero-order valence-electron chi connectivity index (χ0n) is 18.1. The van der Waals surface area contributed by atoms with Crippen molar-refractivity contribution < 1.29 is 9.53 Å². The second kappa shape index (κ2) is 6.74. The van der Waals surface area contributed by atoms with Crippen LogP contribution in [0.4, 0.5) is 0 Å². The van der Waals surface area contributed by atoms with Gasteiger partial charge in [-0.2, -0.15) is 0 Å². The van der Waals surface area contributed by atoms with Crippen molar-refractivity contribution >= 4 is 5.78 Å². The molecular formula is C26H38O2. The maximum absolute atomic E-state index is 12.3. The molecule has 0 radical (unpaired) electrons. The van der Waals surface area contributed by atoms with Gasteiger partial charge in [0, 0.05) is 12.3 Å². The predicted octanol–water partition coefficient (Wildman–Crippen LogP) is 6.61. The summed E-state index contributed by atoms with van der Waals surface area (Å²) < 4.78 is 6.39. The van der Waals surface area contributed by atoms with Crippen LogP contribution >= 0.6 is 0 Å². The van der Waals surface area contributed by atoms with E-state index in [2.05, 4.69) is 26.0 Å². The molecule has 5 aliphatic carbocycles. The van der Waals surface area contributed by atoms with E-state index in [0.717, 1.165) is 30.6 Å². The summed E-state index contributed by atoms with van der Waals surface area (Å²) in [5.41, 5.74) is 2.15. The second-order valence-corrected chi connectivity index (χ2v) is 11.1. The third-order valence-electron chi connectivity index (χ3n) is 9.84. The molecule has 0 aliphatic heterocycles. The van der Waals surface area contributed by atoms with E-state index in [0.29, 0.717) is 23.2 Å². The molecule has 2 nitrogen and oxygen atoms in total. The normalized spacial score (nSPS) is 45.5. The van der Waals surface area contributed by atoms with Gasteiger partial charge < -0.3 is 4.74 Å². The largest absolute Gasteiger partial charge is 0.495 e. The highest BCUT2D eigenvalue weighted by atomic mass is 16.5. The number of Topliss-reactive ketones (excluding diaryl/α,β-unsaturated/α-hetero) is 1. The summed E-state index contributed by atoms with van der Waals surface area (Å²) in [5, 5.41) is 0. The number of ether oxygens (including phenoxy) is 1. The minimum absolute atomic E-state index is 0.260. The fourth-order valence-electron chi connectivity index (χ4n) is 8.28. The van der Waals surface area contributed by atoms with E-state index in [-0.39, 0.29) is 5.41 Å². The Morgan fingerprint density at radius 2 is 1.82 bits per heavy atom. The van der Waals surface area contributed by atoms with Gasteiger partial charge in [-0.3, -0.25) is 4.79 Å². The highest BCUT2D eigenvalue weighted by molar-refractivity contribution is 5.79. The Morgan fingerprint density at radius 3 is 2.57 bits per heavy atom. The molecule has 0 aromatic carbocycles. The zero-order chi connectivity index (χ0) is 19.5. The lowest BCUT2D eigenvalue weighted by Crippen LogP contribution is -2.49. The molecule has 3 fully saturated rings. The Kier molecular flexibility index (Phi) is 4.56. The number of carbonyl (C=O) groups excluding carboxylic acids is 1. The van der Waals surface area contributed by atoms with E-state index in [1.807, 2.05) is 6.92 Å². The Bertz CT molecular complexity index is 712. The smallest absolute Gasteiger partial charge is 0.133 e. The highest BCUT2D eigenvalue weighted by Gasteiger charge is 2.59. The van der Waals surface area contributed by atoms with Crippen LogP contribution < -0.4 is 0 Å². The average molecular weight is 383 g/mol. The summed E-state index contributed by atoms with van der Waals surface area (Å²) in [6.45, 7) is 6.82. The first-order chi connectivity index (χ1) is 13.4. The first-order valence-electron chi connectivity index (χ1n) is 12.0. The number of hydrogen-bond acceptors (Lipinski definition) is 2. The Labute approximate surface area is 171 Å². The lowest BCUT2D eigenvalue weighted by molar-refractivity contribution is -0.127. The summed E-state index contributed by atoms with van der Waals surface area (Å²) in [7, 11) is 0. The van der Waals surface area contributed by atoms with Crippen LogP contribution in [0.25, 0.3) is 0 Å². The minimum atomic E-state index is 0.260. The molecule has 0 N–H and O–H groups in total. The SMILES string of the molecule is CC(=O)[C@@H]1CC[C@@H]2[C@H]3CC=C4C=C(OC5CCCC5)CC[C@@]4(C)[C@@H]3CC[C@]21C. The summed E-state index contributed by atoms with van der Waals surface area (Å²) in [6, 6.07) is 0. The van der Waals surface area contributed by atoms with E-state index >= 15 is 0 Å². The molecule has 0 aromatic rings. The molecule has 0 bridgehead atoms. The van der Waals surface area contributed by atoms with Gasteiger partial charge in [0.2, 0.25) is 0 Å². The summed E-state index contributed by atoms with van der Waals surface area (Å²) in [5.74, 6) is 4.33. The Morgan fingerprint density at radius 1 is 1.04 bits per heavy atom. The predicted molar refractivity (Wildman–Crippen MR) is 113 cm³/mol. The molecule has 3 saturated carbocycles. The molecule has 28 heavy (non-hydrogen) atoms. The molecule has 6 atom stereocenters. The number of hydrogen-bond donors (Lipinski definition) is 0. The van der Waals surface area contributed by atoms with Crippen LogP contribution in [0.15, 0.2) is 23.5 Å². The van der Waals surface area contributed by atoms with Gasteiger partial charge in [-0.25, -0.2) is 0 Å². The van der Waals surface area contributed by atoms with Crippen molar-refractivity contribution in [3.63, 3.8) is 0 Å². The number of allylic oxidation sites excluding steroid dienone is 4. The van der Waals surface area contributed by atoms with Crippen LogP contribution in [-0.4, -0.2) is 11.9 Å². The lowest BCUT2D eigenvalue weighted by atomic mass is 9.48. The monoisotopic (exact) mass is 382 g/mol. The Hall–Kier alpha value is -1.05. The maximum Gasteiger partial charge on any atom is 0.133 e. The van der Waals surface area contributed by atoms with E-state index < -0.39 is 0 Å². The van der Waals surface area contributed by atoms with Gasteiger partial charge in [-0.05, 0) is 111 Å². The first kappa shape index (κ1) is 18.9. The number of rotatable bonds is 3. The molecule has 0 saturated heterocycles. The number of fused-ring (bicyclic) bond motifs is 5. The van der Waals surface area contributed by atoms with Crippen molar-refractivity contribution in [1.82, 2.24) is 0 Å². The zero-order valence-corrected chi connectivity index (χ0v) is 18.1. The second-order valence-electron chi connectivity index (χ2n) is 11.1. The third-order valence-corrected chi connectivity index (χ3v) is 9.84. The van der Waals surface area contributed by atoms with Crippen LogP contribution in [0, 0.1) is 34.5 Å². The van der Waals surface area contributed by atoms with Crippen molar-refractivity contribution in [2.75, 3.05) is 0 Å². The maximum atomic E-state index is 12.3. The molecule has 5 aliphatic rings. The van der Waals surface area contributed by atoms with E-state index in [1.54, 1.807) is 5.57 Å². The van der Waals surface area contributed by atoms with E-state index in [9.17, 15) is 4.79 Å². The van der Waals surface area contributed by atoms with Crippen molar-refractivity contribution in [3.05, 3.63) is 23.5 Å². The minimum Gasteiger partial charge on any atom is -0.495 e. The van der Waals surface area contributed by atoms with Crippen LogP contribution in [0.2, 0.25) is 0 Å². The van der Waals surface area contributed by atoms with Gasteiger partial charge in [-0.15, -0.1) is 0 Å². The fourth-order valence-corrected chi connectivity index (χ4v) is 8.28. The van der Waals surface area contributed by atoms with Gasteiger partial charge in [0.1, 0.15) is 5.78 Å². The van der Waals surface area contributed by atoms with E-state index in [1.165, 1.54) is 63.5 Å². The molecule has 0 unspecified atom stereocenters. The van der Waals surface area contributed by atoms with Crippen LogP contribution in [0.5, 0.6) is 0 Å². The van der Waals surface area contributed by atoms with Crippen LogP contribution in [0.3, 0.4) is 0 Å². The van der Waals surface area contributed by atoms with Crippen molar-refractivity contribution in [1.29, 1.82) is 0 Å². The highest BCUT2D eigenvalue weighted by Crippen LogP contribution is 2.66. The molecule has 154 valence electrons. The van der Waals surface area contributed by atoms with Gasteiger partial charge in [0.15, 0.2) is 0 Å². The molecular weight excluding hydrogens is 344 g/mol. The standard InChI is InChI=1S/C26H38O2/c1-17(27)22-10-11-23-21-9-8-18-16-20(28-19-6-4-5-7-19)12-14-25(18,2)24(21)13-15-26(22,23)3/h8,16,19,21-24H,4-7,9-15H2,1-3H3/t21-,22+,23-,24-,25-,26+/m1/s1. The number of carbonyl (C=O) groups is 1. The van der Waals surface area contributed by atoms with Crippen molar-refractivity contribution in [2.45, 2.75) is 97.5 Å². The molecule has 0 spiro atoms. The van der Waals surface area contributed by atoms with Gasteiger partial charge in [0.25, 0.3) is 0 Å². The molecule has 2 heteroatoms. The van der Waals surface area contributed by atoms with Crippen molar-refractivity contribution in [2.24, 2.45) is 34.5 Å². The topological polar surface area (TPSA) is 26.3 Å². The quantitative estimate of drug-likeness (QED) is 0.549. The molecule has 0 heterocycles. The molecule has 0 aromatic heterocycles. The molecule has 5 rings (SSSR count). The average Bonchev–Trinajstić information content (AvgIpc) is 3.28. The Balaban J connectivity index is 1.39. The first-order valence-corrected chi connectivity index (χ1v) is 12.0. The number of ketones is 1. The third kappa shape index (κ3) is 2.76. The van der Waals surface area contributed by atoms with Gasteiger partial charge >= 0.3 is 0 Å². The molecule has 0 amide bonds. The fraction of sp³-hybridized carbons (Fsp3) is 0.808. The van der Waals surface area contributed by atoms with Crippen LogP contribution in [0.1, 0.15) is 91.4 Å². The summed E-state index contributed by atoms with van der Waals surface area (Å²) in [4.78, 5) is 12.3. The van der Waals surface area contributed by atoms with Gasteiger partial charge in [-0.1, -0.05) is 19.9 Å². The summed E-state index contributed by atoms with van der Waals surface area (Å²) in [6.07, 6.45) is 19.2. The van der Waals surface area contributed by atoms with Crippen molar-refractivity contribution in [3.8, 4) is 0 Å². The van der Waals surface area contributed by atoms with Crippen LogP contribution in [-0.2, 0) is 9.53 Å².